The average molecular weight is 383 g/mol. The molecule has 0 aromatic heterocycles. The van der Waals surface area contributed by atoms with Crippen LogP contribution < -0.4 is 4.90 Å². The summed E-state index contributed by atoms with van der Waals surface area (Å²) in [6.45, 7) is 12.5. The second-order valence-corrected chi connectivity index (χ2v) is 9.42. The van der Waals surface area contributed by atoms with Gasteiger partial charge in [-0.1, -0.05) is 58.0 Å². The lowest BCUT2D eigenvalue weighted by Gasteiger charge is -2.72. The second kappa shape index (κ2) is 6.57. The van der Waals surface area contributed by atoms with Crippen LogP contribution in [0.25, 0.3) is 0 Å². The number of anilines is 1. The van der Waals surface area contributed by atoms with Crippen LogP contribution in [-0.4, -0.2) is 42.2 Å². The zero-order chi connectivity index (χ0) is 20.2. The van der Waals surface area contributed by atoms with Gasteiger partial charge in [0, 0.05) is 48.7 Å². The molecule has 0 bridgehead atoms. The SMILES string of the molecule is CC1(C)C(N2CCN(c3ccc(F)cc3)CC2)C(C)(C)C1(O)c1ccccc1. The zero-order valence-electron chi connectivity index (χ0n) is 17.3. The minimum absolute atomic E-state index is 0.194. The molecule has 2 aromatic rings. The van der Waals surface area contributed by atoms with E-state index in [-0.39, 0.29) is 16.6 Å². The molecule has 0 atom stereocenters. The number of nitrogens with zero attached hydrogens (tertiary/aromatic N) is 2. The van der Waals surface area contributed by atoms with E-state index in [0.29, 0.717) is 6.04 Å². The van der Waals surface area contributed by atoms with E-state index in [1.165, 1.54) is 12.1 Å². The molecule has 1 aliphatic carbocycles. The molecule has 1 N–H and O–H groups in total. The van der Waals surface area contributed by atoms with Crippen LogP contribution >= 0.6 is 0 Å². The van der Waals surface area contributed by atoms with Crippen LogP contribution in [0.4, 0.5) is 10.1 Å². The molecule has 4 rings (SSSR count). The molecular weight excluding hydrogens is 351 g/mol. The average Bonchev–Trinajstić information content (AvgIpc) is 2.68. The van der Waals surface area contributed by atoms with Gasteiger partial charge in [0.15, 0.2) is 0 Å². The first kappa shape index (κ1) is 19.4. The Morgan fingerprint density at radius 3 is 1.89 bits per heavy atom. The normalized spacial score (nSPS) is 29.4. The lowest BCUT2D eigenvalue weighted by Crippen LogP contribution is -2.79. The van der Waals surface area contributed by atoms with E-state index in [2.05, 4.69) is 37.5 Å². The van der Waals surface area contributed by atoms with Crippen LogP contribution in [0.5, 0.6) is 0 Å². The lowest BCUT2D eigenvalue weighted by molar-refractivity contribution is -0.307. The van der Waals surface area contributed by atoms with Crippen molar-refractivity contribution in [1.29, 1.82) is 0 Å². The maximum absolute atomic E-state index is 13.2. The van der Waals surface area contributed by atoms with Crippen molar-refractivity contribution in [2.45, 2.75) is 39.3 Å². The van der Waals surface area contributed by atoms with Crippen LogP contribution in [0.2, 0.25) is 0 Å². The number of hydrogen-bond donors (Lipinski definition) is 1. The number of halogens is 1. The smallest absolute Gasteiger partial charge is 0.123 e. The maximum Gasteiger partial charge on any atom is 0.123 e. The van der Waals surface area contributed by atoms with Gasteiger partial charge >= 0.3 is 0 Å². The van der Waals surface area contributed by atoms with Gasteiger partial charge in [-0.05, 0) is 29.8 Å². The van der Waals surface area contributed by atoms with E-state index in [9.17, 15) is 9.50 Å². The summed E-state index contributed by atoms with van der Waals surface area (Å²) in [6, 6.07) is 17.2. The lowest BCUT2D eigenvalue weighted by atomic mass is 9.39. The van der Waals surface area contributed by atoms with Crippen molar-refractivity contribution >= 4 is 5.69 Å². The van der Waals surface area contributed by atoms with Gasteiger partial charge in [0.1, 0.15) is 11.4 Å². The first-order valence-electron chi connectivity index (χ1n) is 10.2. The van der Waals surface area contributed by atoms with E-state index >= 15 is 0 Å². The molecule has 0 amide bonds. The third-order valence-electron chi connectivity index (χ3n) is 7.29. The Hall–Kier alpha value is -1.91. The standard InChI is InChI=1S/C24H31FN2O/c1-22(2)21(23(3,4)24(22,28)18-8-6-5-7-9-18)27-16-14-26(15-17-27)20-12-10-19(25)11-13-20/h5-13,21,28H,14-17H2,1-4H3. The summed E-state index contributed by atoms with van der Waals surface area (Å²) in [5, 5.41) is 11.8. The van der Waals surface area contributed by atoms with E-state index in [0.717, 1.165) is 37.4 Å². The monoisotopic (exact) mass is 382 g/mol. The minimum atomic E-state index is -0.861. The number of aliphatic hydroxyl groups is 1. The summed E-state index contributed by atoms with van der Waals surface area (Å²) in [4.78, 5) is 4.86. The van der Waals surface area contributed by atoms with Crippen molar-refractivity contribution in [2.75, 3.05) is 31.1 Å². The highest BCUT2D eigenvalue weighted by Gasteiger charge is 2.73. The van der Waals surface area contributed by atoms with Gasteiger partial charge in [0.25, 0.3) is 0 Å². The second-order valence-electron chi connectivity index (χ2n) is 9.42. The Balaban J connectivity index is 1.52. The van der Waals surface area contributed by atoms with Crippen molar-refractivity contribution < 1.29 is 9.50 Å². The first-order chi connectivity index (χ1) is 13.2. The zero-order valence-corrected chi connectivity index (χ0v) is 17.3. The molecule has 1 saturated heterocycles. The van der Waals surface area contributed by atoms with E-state index < -0.39 is 5.60 Å². The number of rotatable bonds is 3. The molecule has 1 aliphatic heterocycles. The summed E-state index contributed by atoms with van der Waals surface area (Å²) >= 11 is 0. The van der Waals surface area contributed by atoms with Crippen LogP contribution in [0.15, 0.2) is 54.6 Å². The molecule has 2 aliphatic rings. The largest absolute Gasteiger partial charge is 0.384 e. The van der Waals surface area contributed by atoms with Crippen LogP contribution in [-0.2, 0) is 5.60 Å². The molecule has 150 valence electrons. The predicted molar refractivity (Wildman–Crippen MR) is 112 cm³/mol. The van der Waals surface area contributed by atoms with Gasteiger partial charge in [0.2, 0.25) is 0 Å². The van der Waals surface area contributed by atoms with E-state index in [1.807, 2.05) is 42.5 Å². The van der Waals surface area contributed by atoms with Gasteiger partial charge in [0.05, 0.1) is 0 Å². The predicted octanol–water partition coefficient (Wildman–Crippen LogP) is 4.27. The summed E-state index contributed by atoms with van der Waals surface area (Å²) in [7, 11) is 0. The van der Waals surface area contributed by atoms with Crippen molar-refractivity contribution in [3.63, 3.8) is 0 Å². The Morgan fingerprint density at radius 2 is 1.36 bits per heavy atom. The quantitative estimate of drug-likeness (QED) is 0.859. The number of piperazine rings is 1. The van der Waals surface area contributed by atoms with Gasteiger partial charge < -0.3 is 10.0 Å². The topological polar surface area (TPSA) is 26.7 Å². The molecule has 0 unspecified atom stereocenters. The van der Waals surface area contributed by atoms with Gasteiger partial charge in [-0.15, -0.1) is 0 Å². The summed E-state index contributed by atoms with van der Waals surface area (Å²) in [5.74, 6) is -0.194. The molecule has 1 heterocycles. The Labute approximate surface area is 167 Å². The minimum Gasteiger partial charge on any atom is -0.384 e. The Bertz CT molecular complexity index is 807. The summed E-state index contributed by atoms with van der Waals surface area (Å²) in [6.07, 6.45) is 0. The highest BCUT2D eigenvalue weighted by molar-refractivity contribution is 5.47. The fourth-order valence-electron chi connectivity index (χ4n) is 6.28. The molecule has 2 aromatic carbocycles. The van der Waals surface area contributed by atoms with Crippen LogP contribution in [0, 0.1) is 16.6 Å². The molecule has 4 heteroatoms. The number of hydrogen-bond acceptors (Lipinski definition) is 3. The fourth-order valence-corrected chi connectivity index (χ4v) is 6.28. The summed E-state index contributed by atoms with van der Waals surface area (Å²) < 4.78 is 13.2. The molecule has 1 saturated carbocycles. The molecular formula is C24H31FN2O. The van der Waals surface area contributed by atoms with E-state index in [1.54, 1.807) is 0 Å². The molecule has 28 heavy (non-hydrogen) atoms. The van der Waals surface area contributed by atoms with E-state index in [4.69, 9.17) is 0 Å². The molecule has 0 radical (unpaired) electrons. The summed E-state index contributed by atoms with van der Waals surface area (Å²) in [5.41, 5.74) is 0.714. The molecule has 0 spiro atoms. The van der Waals surface area contributed by atoms with Crippen molar-refractivity contribution in [2.24, 2.45) is 10.8 Å². The Kier molecular flexibility index (Phi) is 4.55. The van der Waals surface area contributed by atoms with Gasteiger partial charge in [-0.25, -0.2) is 4.39 Å². The molecule has 2 fully saturated rings. The fraction of sp³-hybridized carbons (Fsp3) is 0.500. The van der Waals surface area contributed by atoms with Gasteiger partial charge in [-0.2, -0.15) is 0 Å². The highest BCUT2D eigenvalue weighted by atomic mass is 19.1. The van der Waals surface area contributed by atoms with Crippen molar-refractivity contribution in [1.82, 2.24) is 4.90 Å². The van der Waals surface area contributed by atoms with Crippen LogP contribution in [0.1, 0.15) is 33.3 Å². The van der Waals surface area contributed by atoms with Gasteiger partial charge in [-0.3, -0.25) is 4.90 Å². The number of benzene rings is 2. The van der Waals surface area contributed by atoms with Crippen molar-refractivity contribution in [3.05, 3.63) is 66.0 Å². The molecule has 3 nitrogen and oxygen atoms in total. The highest BCUT2D eigenvalue weighted by Crippen LogP contribution is 2.68. The maximum atomic E-state index is 13.2. The third kappa shape index (κ3) is 2.61. The van der Waals surface area contributed by atoms with Crippen molar-refractivity contribution in [3.8, 4) is 0 Å². The van der Waals surface area contributed by atoms with Crippen LogP contribution in [0.3, 0.4) is 0 Å². The Morgan fingerprint density at radius 1 is 0.821 bits per heavy atom. The third-order valence-corrected chi connectivity index (χ3v) is 7.29. The first-order valence-corrected chi connectivity index (χ1v) is 10.2.